The van der Waals surface area contributed by atoms with Crippen molar-refractivity contribution < 1.29 is 9.90 Å². The quantitative estimate of drug-likeness (QED) is 0.694. The summed E-state index contributed by atoms with van der Waals surface area (Å²) in [5, 5.41) is 12.5. The number of piperidine rings is 1. The van der Waals surface area contributed by atoms with Crippen molar-refractivity contribution in [2.75, 3.05) is 19.6 Å². The van der Waals surface area contributed by atoms with Gasteiger partial charge >= 0.3 is 6.03 Å². The number of nitrogens with one attached hydrogen (secondary N) is 1. The minimum Gasteiger partial charge on any atom is -0.391 e. The summed E-state index contributed by atoms with van der Waals surface area (Å²) in [6, 6.07) is -0.0330. The highest BCUT2D eigenvalue weighted by Gasteiger charge is 2.26. The lowest BCUT2D eigenvalue weighted by molar-refractivity contribution is 0.0436. The summed E-state index contributed by atoms with van der Waals surface area (Å²) in [6.07, 6.45) is 2.62. The largest absolute Gasteiger partial charge is 0.391 e. The maximum atomic E-state index is 11.6. The van der Waals surface area contributed by atoms with Crippen molar-refractivity contribution in [1.29, 1.82) is 0 Å². The highest BCUT2D eigenvalue weighted by atomic mass is 16.3. The van der Waals surface area contributed by atoms with Crippen LogP contribution in [0, 0.1) is 5.92 Å². The van der Waals surface area contributed by atoms with Crippen LogP contribution in [0.4, 0.5) is 4.79 Å². The topological polar surface area (TPSA) is 52.6 Å². The number of carbonyl (C=O) groups excluding carboxylic acids is 1. The Labute approximate surface area is 91.6 Å². The molecule has 1 fully saturated rings. The first kappa shape index (κ1) is 12.3. The summed E-state index contributed by atoms with van der Waals surface area (Å²) in [4.78, 5) is 13.3. The van der Waals surface area contributed by atoms with E-state index in [0.29, 0.717) is 12.5 Å². The van der Waals surface area contributed by atoms with Gasteiger partial charge in [0, 0.05) is 19.6 Å². The lowest BCUT2D eigenvalue weighted by atomic mass is 9.96. The third kappa shape index (κ3) is 3.70. The maximum absolute atomic E-state index is 11.6. The number of urea groups is 1. The van der Waals surface area contributed by atoms with E-state index >= 15 is 0 Å². The highest BCUT2D eigenvalue weighted by Crippen LogP contribution is 2.16. The number of carbonyl (C=O) groups is 1. The van der Waals surface area contributed by atoms with E-state index in [1.165, 1.54) is 0 Å². The molecule has 0 aromatic carbocycles. The van der Waals surface area contributed by atoms with Crippen molar-refractivity contribution in [3.05, 3.63) is 0 Å². The van der Waals surface area contributed by atoms with Gasteiger partial charge in [0.25, 0.3) is 0 Å². The molecule has 0 aliphatic carbocycles. The van der Waals surface area contributed by atoms with Crippen molar-refractivity contribution >= 4 is 6.03 Å². The Morgan fingerprint density at radius 3 is 2.93 bits per heavy atom. The fraction of sp³-hybridized carbons (Fsp3) is 0.909. The Morgan fingerprint density at radius 1 is 1.60 bits per heavy atom. The van der Waals surface area contributed by atoms with E-state index < -0.39 is 0 Å². The Kier molecular flexibility index (Phi) is 4.88. The van der Waals surface area contributed by atoms with Crippen molar-refractivity contribution in [1.82, 2.24) is 10.2 Å². The molecule has 88 valence electrons. The fourth-order valence-corrected chi connectivity index (χ4v) is 1.72. The minimum absolute atomic E-state index is 0.0330. The van der Waals surface area contributed by atoms with Crippen LogP contribution in [0.1, 0.15) is 33.1 Å². The lowest BCUT2D eigenvalue weighted by Crippen LogP contribution is -2.49. The highest BCUT2D eigenvalue weighted by molar-refractivity contribution is 5.74. The SMILES string of the molecule is CCCCNC(=O)N1CCC(C)C(O)C1. The molecule has 0 spiro atoms. The molecule has 0 bridgehead atoms. The fourth-order valence-electron chi connectivity index (χ4n) is 1.72. The van der Waals surface area contributed by atoms with Crippen molar-refractivity contribution in [3.63, 3.8) is 0 Å². The Morgan fingerprint density at radius 2 is 2.33 bits per heavy atom. The van der Waals surface area contributed by atoms with Crippen LogP contribution in [-0.2, 0) is 0 Å². The molecule has 2 unspecified atom stereocenters. The zero-order valence-corrected chi connectivity index (χ0v) is 9.70. The molecule has 1 heterocycles. The van der Waals surface area contributed by atoms with Gasteiger partial charge in [-0.3, -0.25) is 0 Å². The van der Waals surface area contributed by atoms with Crippen LogP contribution in [0.5, 0.6) is 0 Å². The van der Waals surface area contributed by atoms with Crippen molar-refractivity contribution in [3.8, 4) is 0 Å². The second-order valence-corrected chi connectivity index (χ2v) is 4.36. The van der Waals surface area contributed by atoms with E-state index in [1.807, 2.05) is 6.92 Å². The smallest absolute Gasteiger partial charge is 0.317 e. The Hall–Kier alpha value is -0.770. The molecule has 1 aliphatic heterocycles. The Bertz CT molecular complexity index is 209. The number of aliphatic hydroxyl groups excluding tert-OH is 1. The first-order valence-electron chi connectivity index (χ1n) is 5.86. The monoisotopic (exact) mass is 214 g/mol. The number of amides is 2. The molecular formula is C11H22N2O2. The number of aliphatic hydroxyl groups is 1. The van der Waals surface area contributed by atoms with E-state index in [4.69, 9.17) is 0 Å². The van der Waals surface area contributed by atoms with Gasteiger partial charge in [0.2, 0.25) is 0 Å². The average molecular weight is 214 g/mol. The van der Waals surface area contributed by atoms with Crippen LogP contribution >= 0.6 is 0 Å². The maximum Gasteiger partial charge on any atom is 0.317 e. The van der Waals surface area contributed by atoms with E-state index in [-0.39, 0.29) is 12.1 Å². The molecule has 1 rings (SSSR count). The van der Waals surface area contributed by atoms with Gasteiger partial charge in [0.15, 0.2) is 0 Å². The molecule has 2 atom stereocenters. The summed E-state index contributed by atoms with van der Waals surface area (Å²) in [7, 11) is 0. The normalized spacial score (nSPS) is 26.5. The molecule has 0 radical (unpaired) electrons. The third-order valence-electron chi connectivity index (χ3n) is 3.01. The zero-order chi connectivity index (χ0) is 11.3. The number of hydrogen-bond donors (Lipinski definition) is 2. The molecule has 4 heteroatoms. The number of unbranched alkanes of at least 4 members (excludes halogenated alkanes) is 1. The number of likely N-dealkylation sites (tertiary alicyclic amines) is 1. The number of hydrogen-bond acceptors (Lipinski definition) is 2. The molecule has 2 amide bonds. The average Bonchev–Trinajstić information content (AvgIpc) is 2.22. The van der Waals surface area contributed by atoms with Crippen molar-refractivity contribution in [2.24, 2.45) is 5.92 Å². The van der Waals surface area contributed by atoms with Gasteiger partial charge in [0.1, 0.15) is 0 Å². The van der Waals surface area contributed by atoms with E-state index in [0.717, 1.165) is 32.4 Å². The van der Waals surface area contributed by atoms with Crippen molar-refractivity contribution in [2.45, 2.75) is 39.2 Å². The molecule has 15 heavy (non-hydrogen) atoms. The minimum atomic E-state index is -0.365. The van der Waals surface area contributed by atoms with E-state index in [1.54, 1.807) is 4.90 Å². The predicted molar refractivity (Wildman–Crippen MR) is 59.7 cm³/mol. The van der Waals surface area contributed by atoms with E-state index in [2.05, 4.69) is 12.2 Å². The molecular weight excluding hydrogens is 192 g/mol. The second kappa shape index (κ2) is 5.95. The number of β-amino-alcohol motifs (C(OH)–C–C–N with tert-alkyl or cyclic N) is 1. The van der Waals surface area contributed by atoms with Crippen LogP contribution in [0.25, 0.3) is 0 Å². The molecule has 0 saturated carbocycles. The molecule has 0 aromatic rings. The van der Waals surface area contributed by atoms with Gasteiger partial charge in [-0.2, -0.15) is 0 Å². The number of nitrogens with zero attached hydrogens (tertiary/aromatic N) is 1. The van der Waals surface area contributed by atoms with Crippen LogP contribution in [-0.4, -0.2) is 41.8 Å². The third-order valence-corrected chi connectivity index (χ3v) is 3.01. The summed E-state index contributed by atoms with van der Waals surface area (Å²) < 4.78 is 0. The zero-order valence-electron chi connectivity index (χ0n) is 9.70. The number of rotatable bonds is 3. The lowest BCUT2D eigenvalue weighted by Gasteiger charge is -2.34. The molecule has 1 saturated heterocycles. The van der Waals surface area contributed by atoms with Gasteiger partial charge in [0.05, 0.1) is 6.10 Å². The first-order chi connectivity index (χ1) is 7.15. The van der Waals surface area contributed by atoms with Gasteiger partial charge in [-0.15, -0.1) is 0 Å². The van der Waals surface area contributed by atoms with Crippen LogP contribution < -0.4 is 5.32 Å². The van der Waals surface area contributed by atoms with Gasteiger partial charge in [-0.05, 0) is 18.8 Å². The predicted octanol–water partition coefficient (Wildman–Crippen LogP) is 1.20. The Balaban J connectivity index is 2.28. The molecule has 4 nitrogen and oxygen atoms in total. The molecule has 2 N–H and O–H groups in total. The summed E-state index contributed by atoms with van der Waals surface area (Å²) in [5.74, 6) is 0.310. The standard InChI is InChI=1S/C11H22N2O2/c1-3-4-6-12-11(15)13-7-5-9(2)10(14)8-13/h9-10,14H,3-8H2,1-2H3,(H,12,15). The molecule has 0 aromatic heterocycles. The molecule has 1 aliphatic rings. The first-order valence-corrected chi connectivity index (χ1v) is 5.86. The summed E-state index contributed by atoms with van der Waals surface area (Å²) >= 11 is 0. The van der Waals surface area contributed by atoms with E-state index in [9.17, 15) is 9.90 Å². The van der Waals surface area contributed by atoms with Crippen LogP contribution in [0.3, 0.4) is 0 Å². The second-order valence-electron chi connectivity index (χ2n) is 4.36. The van der Waals surface area contributed by atoms with Gasteiger partial charge in [-0.25, -0.2) is 4.79 Å². The summed E-state index contributed by atoms with van der Waals surface area (Å²) in [5.41, 5.74) is 0. The van der Waals surface area contributed by atoms with Gasteiger partial charge in [-0.1, -0.05) is 20.3 Å². The van der Waals surface area contributed by atoms with Crippen LogP contribution in [0.2, 0.25) is 0 Å². The van der Waals surface area contributed by atoms with Crippen LogP contribution in [0.15, 0.2) is 0 Å². The summed E-state index contributed by atoms with van der Waals surface area (Å²) in [6.45, 7) is 6.09. The van der Waals surface area contributed by atoms with Gasteiger partial charge < -0.3 is 15.3 Å².